The van der Waals surface area contributed by atoms with E-state index < -0.39 is 0 Å². The van der Waals surface area contributed by atoms with Crippen LogP contribution < -0.4 is 0 Å². The van der Waals surface area contributed by atoms with Crippen molar-refractivity contribution in [2.75, 3.05) is 6.61 Å². The molecule has 0 amide bonds. The lowest BCUT2D eigenvalue weighted by Gasteiger charge is -2.27. The van der Waals surface area contributed by atoms with Gasteiger partial charge in [0.1, 0.15) is 0 Å². The molecule has 1 atom stereocenters. The smallest absolute Gasteiger partial charge is 0.240 e. The number of benzene rings is 1. The number of hydrogen-bond donors (Lipinski definition) is 1. The largest absolute Gasteiger partial charge is 0.396 e. The summed E-state index contributed by atoms with van der Waals surface area (Å²) in [5.41, 5.74) is 1.25. The molecule has 5 heteroatoms. The van der Waals surface area contributed by atoms with E-state index >= 15 is 0 Å². The van der Waals surface area contributed by atoms with Crippen LogP contribution >= 0.6 is 0 Å². The molecule has 3 rings (SSSR count). The summed E-state index contributed by atoms with van der Waals surface area (Å²) in [7, 11) is 0. The Hall–Kier alpha value is -1.72. The van der Waals surface area contributed by atoms with Crippen LogP contribution in [-0.2, 0) is 13.1 Å². The van der Waals surface area contributed by atoms with Crippen LogP contribution in [0, 0.1) is 0 Å². The molecule has 130 valence electrons. The lowest BCUT2D eigenvalue weighted by Crippen LogP contribution is -2.33. The number of hydrogen-bond acceptors (Lipinski definition) is 5. The quantitative estimate of drug-likeness (QED) is 0.803. The molecule has 1 heterocycles. The van der Waals surface area contributed by atoms with Crippen LogP contribution in [0.25, 0.3) is 0 Å². The minimum atomic E-state index is 0.184. The highest BCUT2D eigenvalue weighted by molar-refractivity contribution is 5.14. The Labute approximate surface area is 143 Å². The highest BCUT2D eigenvalue weighted by Gasteiger charge is 2.24. The van der Waals surface area contributed by atoms with E-state index in [0.29, 0.717) is 18.4 Å². The first-order chi connectivity index (χ1) is 11.8. The SMILES string of the molecule is CC(CCO)N(Cc1ccccc1)Cc1nc(C2CCCC2)no1. The maximum absolute atomic E-state index is 9.29. The molecular formula is C19H27N3O2. The third-order valence-corrected chi connectivity index (χ3v) is 4.94. The van der Waals surface area contributed by atoms with Crippen molar-refractivity contribution in [3.05, 3.63) is 47.6 Å². The van der Waals surface area contributed by atoms with Crippen molar-refractivity contribution in [2.24, 2.45) is 0 Å². The Bertz CT molecular complexity index is 608. The fraction of sp³-hybridized carbons (Fsp3) is 0.579. The summed E-state index contributed by atoms with van der Waals surface area (Å²) in [5.74, 6) is 2.02. The fourth-order valence-corrected chi connectivity index (χ4v) is 3.41. The number of nitrogens with zero attached hydrogens (tertiary/aromatic N) is 3. The molecule has 1 aromatic carbocycles. The van der Waals surface area contributed by atoms with Gasteiger partial charge in [-0.25, -0.2) is 0 Å². The number of aliphatic hydroxyl groups is 1. The Morgan fingerprint density at radius 3 is 2.67 bits per heavy atom. The molecule has 0 spiro atoms. The van der Waals surface area contributed by atoms with Crippen LogP contribution in [0.3, 0.4) is 0 Å². The van der Waals surface area contributed by atoms with Crippen molar-refractivity contribution in [1.29, 1.82) is 0 Å². The van der Waals surface area contributed by atoms with Gasteiger partial charge in [0.05, 0.1) is 6.54 Å². The van der Waals surface area contributed by atoms with Crippen molar-refractivity contribution < 1.29 is 9.63 Å². The maximum atomic E-state index is 9.29. The van der Waals surface area contributed by atoms with Crippen molar-refractivity contribution in [3.8, 4) is 0 Å². The van der Waals surface area contributed by atoms with E-state index in [0.717, 1.165) is 18.8 Å². The minimum Gasteiger partial charge on any atom is -0.396 e. The molecule has 0 aliphatic heterocycles. The molecule has 5 nitrogen and oxygen atoms in total. The second kappa shape index (κ2) is 8.40. The second-order valence-electron chi connectivity index (χ2n) is 6.78. The molecule has 1 saturated carbocycles. The van der Waals surface area contributed by atoms with Crippen molar-refractivity contribution in [3.63, 3.8) is 0 Å². The van der Waals surface area contributed by atoms with Gasteiger partial charge in [0.2, 0.25) is 5.89 Å². The fourth-order valence-electron chi connectivity index (χ4n) is 3.41. The first kappa shape index (κ1) is 17.1. The zero-order chi connectivity index (χ0) is 16.8. The van der Waals surface area contributed by atoms with Gasteiger partial charge >= 0.3 is 0 Å². The molecule has 0 bridgehead atoms. The van der Waals surface area contributed by atoms with Crippen LogP contribution in [0.5, 0.6) is 0 Å². The molecular weight excluding hydrogens is 302 g/mol. The predicted molar refractivity (Wildman–Crippen MR) is 92.4 cm³/mol. The normalized spacial score (nSPS) is 16.8. The third-order valence-electron chi connectivity index (χ3n) is 4.94. The molecule has 1 fully saturated rings. The average molecular weight is 329 g/mol. The molecule has 1 aliphatic rings. The van der Waals surface area contributed by atoms with Gasteiger partial charge in [-0.3, -0.25) is 4.90 Å². The second-order valence-corrected chi connectivity index (χ2v) is 6.78. The highest BCUT2D eigenvalue weighted by atomic mass is 16.5. The molecule has 2 aromatic rings. The Balaban J connectivity index is 1.68. The molecule has 1 aromatic heterocycles. The van der Waals surface area contributed by atoms with Crippen molar-refractivity contribution in [2.45, 2.75) is 64.1 Å². The van der Waals surface area contributed by atoms with E-state index in [-0.39, 0.29) is 12.6 Å². The topological polar surface area (TPSA) is 62.4 Å². The molecule has 1 N–H and O–H groups in total. The van der Waals surface area contributed by atoms with Gasteiger partial charge in [-0.2, -0.15) is 4.98 Å². The summed E-state index contributed by atoms with van der Waals surface area (Å²) in [6, 6.07) is 10.6. The van der Waals surface area contributed by atoms with E-state index in [1.54, 1.807) is 0 Å². The standard InChI is InChI=1S/C19H27N3O2/c1-15(11-12-23)22(13-16-7-3-2-4-8-16)14-18-20-19(21-24-18)17-9-5-6-10-17/h2-4,7-8,15,17,23H,5-6,9-14H2,1H3. The Kier molecular flexibility index (Phi) is 5.99. The summed E-state index contributed by atoms with van der Waals surface area (Å²) >= 11 is 0. The van der Waals surface area contributed by atoms with Crippen LogP contribution in [0.1, 0.15) is 62.2 Å². The van der Waals surface area contributed by atoms with Gasteiger partial charge in [-0.15, -0.1) is 0 Å². The van der Waals surface area contributed by atoms with Gasteiger partial charge in [-0.05, 0) is 31.7 Å². The average Bonchev–Trinajstić information content (AvgIpc) is 3.27. The number of aromatic nitrogens is 2. The number of rotatable bonds is 8. The zero-order valence-corrected chi connectivity index (χ0v) is 14.4. The van der Waals surface area contributed by atoms with Gasteiger partial charge < -0.3 is 9.63 Å². The summed E-state index contributed by atoms with van der Waals surface area (Å²) in [6.07, 6.45) is 5.61. The van der Waals surface area contributed by atoms with Gasteiger partial charge in [0.25, 0.3) is 0 Å². The highest BCUT2D eigenvalue weighted by Crippen LogP contribution is 2.32. The molecule has 1 unspecified atom stereocenters. The summed E-state index contributed by atoms with van der Waals surface area (Å²) < 4.78 is 5.51. The van der Waals surface area contributed by atoms with Crippen LogP contribution in [0.15, 0.2) is 34.9 Å². The van der Waals surface area contributed by atoms with E-state index in [1.807, 2.05) is 6.07 Å². The van der Waals surface area contributed by atoms with Gasteiger partial charge in [-0.1, -0.05) is 48.3 Å². The van der Waals surface area contributed by atoms with Crippen molar-refractivity contribution >= 4 is 0 Å². The summed E-state index contributed by atoms with van der Waals surface area (Å²) in [4.78, 5) is 6.92. The number of aliphatic hydroxyl groups excluding tert-OH is 1. The van der Waals surface area contributed by atoms with Crippen LogP contribution in [0.2, 0.25) is 0 Å². The predicted octanol–water partition coefficient (Wildman–Crippen LogP) is 3.50. The van der Waals surface area contributed by atoms with Crippen LogP contribution in [0.4, 0.5) is 0 Å². The van der Waals surface area contributed by atoms with Gasteiger partial charge in [0.15, 0.2) is 5.82 Å². The van der Waals surface area contributed by atoms with E-state index in [1.165, 1.54) is 31.2 Å². The first-order valence-electron chi connectivity index (χ1n) is 8.97. The first-order valence-corrected chi connectivity index (χ1v) is 8.97. The van der Waals surface area contributed by atoms with E-state index in [4.69, 9.17) is 4.52 Å². The summed E-state index contributed by atoms with van der Waals surface area (Å²) in [6.45, 7) is 3.75. The lowest BCUT2D eigenvalue weighted by atomic mass is 10.1. The lowest BCUT2D eigenvalue weighted by molar-refractivity contribution is 0.137. The monoisotopic (exact) mass is 329 g/mol. The molecule has 0 radical (unpaired) electrons. The van der Waals surface area contributed by atoms with E-state index in [9.17, 15) is 5.11 Å². The summed E-state index contributed by atoms with van der Waals surface area (Å²) in [5, 5.41) is 13.5. The maximum Gasteiger partial charge on any atom is 0.240 e. The Morgan fingerprint density at radius 1 is 1.21 bits per heavy atom. The molecule has 0 saturated heterocycles. The molecule has 24 heavy (non-hydrogen) atoms. The molecule has 1 aliphatic carbocycles. The minimum absolute atomic E-state index is 0.184. The Morgan fingerprint density at radius 2 is 1.96 bits per heavy atom. The third kappa shape index (κ3) is 4.42. The van der Waals surface area contributed by atoms with E-state index in [2.05, 4.69) is 46.2 Å². The van der Waals surface area contributed by atoms with Crippen molar-refractivity contribution in [1.82, 2.24) is 15.0 Å². The van der Waals surface area contributed by atoms with Gasteiger partial charge in [0, 0.05) is 25.1 Å². The van der Waals surface area contributed by atoms with Crippen LogP contribution in [-0.4, -0.2) is 32.8 Å². The zero-order valence-electron chi connectivity index (χ0n) is 14.4.